The molecule has 0 aromatic heterocycles. The van der Waals surface area contributed by atoms with Crippen LogP contribution in [0.15, 0.2) is 0 Å². The lowest BCUT2D eigenvalue weighted by Crippen LogP contribution is -2.01. The van der Waals surface area contributed by atoms with Gasteiger partial charge in [-0.15, -0.1) is 0 Å². The number of nitrogens with two attached hydrogens (primary N) is 1. The summed E-state index contributed by atoms with van der Waals surface area (Å²) >= 11 is 4.67. The third-order valence-electron chi connectivity index (χ3n) is 3.63. The fourth-order valence-corrected chi connectivity index (χ4v) is 2.72. The largest absolute Gasteiger partial charge is 0.330 e. The van der Waals surface area contributed by atoms with Gasteiger partial charge in [-0.05, 0) is 25.8 Å². The lowest BCUT2D eigenvalue weighted by molar-refractivity contribution is 0.544. The van der Waals surface area contributed by atoms with Crippen LogP contribution in [-0.2, 0) is 0 Å². The molecule has 0 saturated carbocycles. The van der Waals surface area contributed by atoms with E-state index in [1.807, 2.05) is 0 Å². The molecule has 0 heterocycles. The molecule has 0 fully saturated rings. The van der Waals surface area contributed by atoms with E-state index in [1.54, 1.807) is 0 Å². The van der Waals surface area contributed by atoms with E-state index >= 15 is 0 Å². The fraction of sp³-hybridized carbons (Fsp3) is 1.00. The third kappa shape index (κ3) is 14.4. The maximum Gasteiger partial charge on any atom is 0.00168 e. The van der Waals surface area contributed by atoms with Crippen molar-refractivity contribution in [3.05, 3.63) is 0 Å². The highest BCUT2D eigenvalue weighted by molar-refractivity contribution is 7.80. The van der Waals surface area contributed by atoms with Crippen LogP contribution in [0.4, 0.5) is 0 Å². The predicted molar refractivity (Wildman–Crippen MR) is 87.5 cm³/mol. The summed E-state index contributed by atoms with van der Waals surface area (Å²) in [5.41, 5.74) is 5.48. The van der Waals surface area contributed by atoms with Gasteiger partial charge in [0.15, 0.2) is 0 Å². The Morgan fingerprint density at radius 2 is 1.17 bits per heavy atom. The highest BCUT2D eigenvalue weighted by atomic mass is 32.1. The molecule has 1 unspecified atom stereocenters. The number of rotatable bonds is 14. The van der Waals surface area contributed by atoms with E-state index in [0.29, 0.717) is 5.25 Å². The lowest BCUT2D eigenvalue weighted by atomic mass is 10.0. The Bertz CT molecular complexity index is 150. The molecular formula is C16H35NS. The Morgan fingerprint density at radius 1 is 0.722 bits per heavy atom. The summed E-state index contributed by atoms with van der Waals surface area (Å²) in [7, 11) is 0. The number of thiol groups is 1. The third-order valence-corrected chi connectivity index (χ3v) is 4.15. The lowest BCUT2D eigenvalue weighted by Gasteiger charge is -2.10. The molecule has 0 rings (SSSR count). The van der Waals surface area contributed by atoms with Gasteiger partial charge < -0.3 is 5.73 Å². The summed E-state index contributed by atoms with van der Waals surface area (Å²) in [6.07, 6.45) is 17.7. The summed E-state index contributed by atoms with van der Waals surface area (Å²) in [5, 5.41) is 0.628. The monoisotopic (exact) mass is 273 g/mol. The summed E-state index contributed by atoms with van der Waals surface area (Å²) in [6, 6.07) is 0. The van der Waals surface area contributed by atoms with Crippen molar-refractivity contribution in [3.63, 3.8) is 0 Å². The van der Waals surface area contributed by atoms with E-state index in [4.69, 9.17) is 5.73 Å². The molecule has 1 atom stereocenters. The van der Waals surface area contributed by atoms with Gasteiger partial charge in [-0.25, -0.2) is 0 Å². The van der Waals surface area contributed by atoms with Crippen molar-refractivity contribution < 1.29 is 0 Å². The fourth-order valence-electron chi connectivity index (χ4n) is 2.36. The van der Waals surface area contributed by atoms with E-state index in [-0.39, 0.29) is 0 Å². The second-order valence-corrected chi connectivity index (χ2v) is 6.29. The molecule has 0 saturated heterocycles. The molecule has 0 aromatic rings. The molecule has 0 aliphatic carbocycles. The Labute approximate surface area is 121 Å². The van der Waals surface area contributed by atoms with Gasteiger partial charge in [0.1, 0.15) is 0 Å². The van der Waals surface area contributed by atoms with E-state index in [2.05, 4.69) is 19.6 Å². The Hall–Kier alpha value is 0.310. The molecule has 110 valence electrons. The van der Waals surface area contributed by atoms with Crippen molar-refractivity contribution in [2.45, 2.75) is 95.6 Å². The normalized spacial score (nSPS) is 12.8. The molecule has 0 aromatic carbocycles. The number of hydrogen-bond donors (Lipinski definition) is 2. The molecule has 0 radical (unpaired) electrons. The van der Waals surface area contributed by atoms with Gasteiger partial charge in [-0.3, -0.25) is 0 Å². The molecule has 0 amide bonds. The smallest absolute Gasteiger partial charge is 0.00168 e. The maximum absolute atomic E-state index is 5.48. The SMILES string of the molecule is CCCCCCCCCCC(S)CCCCCN. The molecule has 2 N–H and O–H groups in total. The van der Waals surface area contributed by atoms with Gasteiger partial charge in [0.2, 0.25) is 0 Å². The predicted octanol–water partition coefficient (Wildman–Crippen LogP) is 5.33. The summed E-state index contributed by atoms with van der Waals surface area (Å²) < 4.78 is 0. The van der Waals surface area contributed by atoms with Gasteiger partial charge >= 0.3 is 0 Å². The second kappa shape index (κ2) is 15.4. The van der Waals surface area contributed by atoms with Crippen LogP contribution in [0.3, 0.4) is 0 Å². The molecule has 0 spiro atoms. The number of unbranched alkanes of at least 4 members (excludes halogenated alkanes) is 9. The maximum atomic E-state index is 5.48. The van der Waals surface area contributed by atoms with Crippen molar-refractivity contribution in [1.29, 1.82) is 0 Å². The molecule has 1 nitrogen and oxygen atoms in total. The van der Waals surface area contributed by atoms with Crippen LogP contribution in [0.2, 0.25) is 0 Å². The van der Waals surface area contributed by atoms with Crippen LogP contribution in [0.5, 0.6) is 0 Å². The van der Waals surface area contributed by atoms with Gasteiger partial charge in [-0.1, -0.05) is 71.1 Å². The molecule has 0 aliphatic heterocycles. The zero-order valence-corrected chi connectivity index (χ0v) is 13.4. The minimum atomic E-state index is 0.628. The molecule has 0 bridgehead atoms. The minimum absolute atomic E-state index is 0.628. The first-order chi connectivity index (χ1) is 8.81. The van der Waals surface area contributed by atoms with Crippen molar-refractivity contribution in [2.24, 2.45) is 5.73 Å². The van der Waals surface area contributed by atoms with Crippen molar-refractivity contribution >= 4 is 12.6 Å². The van der Waals surface area contributed by atoms with Crippen LogP contribution in [0.25, 0.3) is 0 Å². The molecular weight excluding hydrogens is 238 g/mol. The zero-order chi connectivity index (χ0) is 13.5. The quantitative estimate of drug-likeness (QED) is 0.324. The highest BCUT2D eigenvalue weighted by Gasteiger charge is 2.02. The van der Waals surface area contributed by atoms with Gasteiger partial charge in [-0.2, -0.15) is 12.6 Å². The first kappa shape index (κ1) is 18.3. The van der Waals surface area contributed by atoms with Gasteiger partial charge in [0.05, 0.1) is 0 Å². The Balaban J connectivity index is 3.08. The average Bonchev–Trinajstić information content (AvgIpc) is 2.38. The number of hydrogen-bond acceptors (Lipinski definition) is 2. The van der Waals surface area contributed by atoms with Gasteiger partial charge in [0, 0.05) is 5.25 Å². The second-order valence-electron chi connectivity index (χ2n) is 5.56. The van der Waals surface area contributed by atoms with Crippen LogP contribution < -0.4 is 5.73 Å². The Kier molecular flexibility index (Phi) is 15.6. The van der Waals surface area contributed by atoms with E-state index in [1.165, 1.54) is 83.5 Å². The summed E-state index contributed by atoms with van der Waals surface area (Å²) in [4.78, 5) is 0. The van der Waals surface area contributed by atoms with E-state index in [0.717, 1.165) is 6.54 Å². The highest BCUT2D eigenvalue weighted by Crippen LogP contribution is 2.17. The van der Waals surface area contributed by atoms with Crippen LogP contribution >= 0.6 is 12.6 Å². The van der Waals surface area contributed by atoms with Crippen molar-refractivity contribution in [3.8, 4) is 0 Å². The van der Waals surface area contributed by atoms with Gasteiger partial charge in [0.25, 0.3) is 0 Å². The molecule has 2 heteroatoms. The van der Waals surface area contributed by atoms with Crippen LogP contribution in [-0.4, -0.2) is 11.8 Å². The van der Waals surface area contributed by atoms with E-state index in [9.17, 15) is 0 Å². The standard InChI is InChI=1S/C16H35NS/c1-2-3-4-5-6-7-8-10-13-16(18)14-11-9-12-15-17/h16,18H,2-15,17H2,1H3. The molecule has 18 heavy (non-hydrogen) atoms. The topological polar surface area (TPSA) is 26.0 Å². The Morgan fingerprint density at radius 3 is 1.67 bits per heavy atom. The first-order valence-electron chi connectivity index (χ1n) is 8.19. The first-order valence-corrected chi connectivity index (χ1v) is 8.71. The van der Waals surface area contributed by atoms with Crippen LogP contribution in [0.1, 0.15) is 90.4 Å². The van der Waals surface area contributed by atoms with Crippen LogP contribution in [0, 0.1) is 0 Å². The van der Waals surface area contributed by atoms with E-state index < -0.39 is 0 Å². The van der Waals surface area contributed by atoms with Crippen molar-refractivity contribution in [2.75, 3.05) is 6.54 Å². The summed E-state index contributed by atoms with van der Waals surface area (Å²) in [5.74, 6) is 0. The minimum Gasteiger partial charge on any atom is -0.330 e. The zero-order valence-electron chi connectivity index (χ0n) is 12.5. The average molecular weight is 274 g/mol. The molecule has 0 aliphatic rings. The van der Waals surface area contributed by atoms with Crippen molar-refractivity contribution in [1.82, 2.24) is 0 Å². The summed E-state index contributed by atoms with van der Waals surface area (Å²) in [6.45, 7) is 3.12.